The molecule has 0 radical (unpaired) electrons. The topological polar surface area (TPSA) is 42.4 Å². The van der Waals surface area contributed by atoms with Gasteiger partial charge in [0.15, 0.2) is 0 Å². The second-order valence-corrected chi connectivity index (χ2v) is 4.12. The van der Waals surface area contributed by atoms with E-state index in [9.17, 15) is 0 Å². The number of hydrogen-bond donors (Lipinski definition) is 1. The molecule has 0 aromatic carbocycles. The quantitative estimate of drug-likeness (QED) is 0.822. The number of nitrogens with zero attached hydrogens (tertiary/aromatic N) is 1. The van der Waals surface area contributed by atoms with Gasteiger partial charge in [0.2, 0.25) is 5.88 Å². The van der Waals surface area contributed by atoms with Gasteiger partial charge >= 0.3 is 0 Å². The molecule has 0 bridgehead atoms. The normalized spacial score (nSPS) is 16.9. The molecule has 0 aliphatic heterocycles. The number of rotatable bonds is 4. The van der Waals surface area contributed by atoms with Crippen LogP contribution in [-0.2, 0) is 6.61 Å². The summed E-state index contributed by atoms with van der Waals surface area (Å²) in [7, 11) is 0. The summed E-state index contributed by atoms with van der Waals surface area (Å²) in [5, 5.41) is 8.96. The zero-order valence-corrected chi connectivity index (χ0v) is 8.85. The summed E-state index contributed by atoms with van der Waals surface area (Å²) in [5.41, 5.74) is 0.853. The monoisotopic (exact) mass is 207 g/mol. The maximum atomic E-state index is 8.96. The number of aliphatic hydroxyl groups is 1. The highest BCUT2D eigenvalue weighted by molar-refractivity contribution is 5.19. The van der Waals surface area contributed by atoms with Crippen LogP contribution in [0.3, 0.4) is 0 Å². The maximum Gasteiger partial charge on any atom is 0.213 e. The Kier molecular flexibility index (Phi) is 3.56. The fourth-order valence-corrected chi connectivity index (χ4v) is 2.01. The van der Waals surface area contributed by atoms with E-state index in [1.807, 2.05) is 0 Å². The number of pyridine rings is 1. The summed E-state index contributed by atoms with van der Waals surface area (Å²) in [6.07, 6.45) is 6.89. The van der Waals surface area contributed by atoms with E-state index in [0.29, 0.717) is 11.8 Å². The summed E-state index contributed by atoms with van der Waals surface area (Å²) < 4.78 is 5.61. The summed E-state index contributed by atoms with van der Waals surface area (Å²) >= 11 is 0. The standard InChI is InChI=1S/C12H17NO2/c14-8-11-5-6-13-12(7-11)15-9-10-3-1-2-4-10/h5-7,10,14H,1-4,8-9H2. The van der Waals surface area contributed by atoms with Crippen molar-refractivity contribution in [3.8, 4) is 5.88 Å². The zero-order valence-electron chi connectivity index (χ0n) is 8.85. The van der Waals surface area contributed by atoms with E-state index in [4.69, 9.17) is 9.84 Å². The highest BCUT2D eigenvalue weighted by Gasteiger charge is 2.15. The van der Waals surface area contributed by atoms with E-state index in [2.05, 4.69) is 4.98 Å². The molecule has 1 aromatic rings. The lowest BCUT2D eigenvalue weighted by atomic mass is 10.1. The van der Waals surface area contributed by atoms with Crippen molar-refractivity contribution in [1.29, 1.82) is 0 Å². The molecule has 0 spiro atoms. The van der Waals surface area contributed by atoms with Crippen LogP contribution in [0, 0.1) is 5.92 Å². The van der Waals surface area contributed by atoms with Crippen LogP contribution in [0.1, 0.15) is 31.2 Å². The molecule has 1 saturated carbocycles. The zero-order chi connectivity index (χ0) is 10.5. The van der Waals surface area contributed by atoms with Crippen LogP contribution in [0.2, 0.25) is 0 Å². The van der Waals surface area contributed by atoms with Crippen molar-refractivity contribution in [2.24, 2.45) is 5.92 Å². The van der Waals surface area contributed by atoms with E-state index in [-0.39, 0.29) is 6.61 Å². The molecule has 1 fully saturated rings. The Morgan fingerprint density at radius 3 is 2.93 bits per heavy atom. The first kappa shape index (κ1) is 10.4. The van der Waals surface area contributed by atoms with Crippen molar-refractivity contribution in [1.82, 2.24) is 4.98 Å². The molecule has 2 rings (SSSR count). The lowest BCUT2D eigenvalue weighted by Crippen LogP contribution is -2.08. The minimum atomic E-state index is 0.0440. The molecule has 1 aliphatic rings. The third-order valence-electron chi connectivity index (χ3n) is 2.92. The van der Waals surface area contributed by atoms with Crippen molar-refractivity contribution in [3.05, 3.63) is 23.9 Å². The van der Waals surface area contributed by atoms with Gasteiger partial charge in [-0.25, -0.2) is 4.98 Å². The van der Waals surface area contributed by atoms with Gasteiger partial charge in [-0.3, -0.25) is 0 Å². The van der Waals surface area contributed by atoms with Crippen molar-refractivity contribution >= 4 is 0 Å². The summed E-state index contributed by atoms with van der Waals surface area (Å²) in [6.45, 7) is 0.810. The number of aliphatic hydroxyl groups excluding tert-OH is 1. The van der Waals surface area contributed by atoms with Crippen LogP contribution in [0.15, 0.2) is 18.3 Å². The molecule has 1 aromatic heterocycles. The molecule has 15 heavy (non-hydrogen) atoms. The van der Waals surface area contributed by atoms with Gasteiger partial charge < -0.3 is 9.84 Å². The lowest BCUT2D eigenvalue weighted by molar-refractivity contribution is 0.241. The van der Waals surface area contributed by atoms with Gasteiger partial charge in [-0.15, -0.1) is 0 Å². The van der Waals surface area contributed by atoms with Gasteiger partial charge in [0.25, 0.3) is 0 Å². The Labute approximate surface area is 90.1 Å². The lowest BCUT2D eigenvalue weighted by Gasteiger charge is -2.10. The van der Waals surface area contributed by atoms with Crippen LogP contribution >= 0.6 is 0 Å². The fourth-order valence-electron chi connectivity index (χ4n) is 2.01. The van der Waals surface area contributed by atoms with Crippen LogP contribution in [0.5, 0.6) is 5.88 Å². The molecule has 0 saturated heterocycles. The molecular formula is C12H17NO2. The predicted molar refractivity (Wildman–Crippen MR) is 57.6 cm³/mol. The van der Waals surface area contributed by atoms with Crippen molar-refractivity contribution in [2.75, 3.05) is 6.61 Å². The van der Waals surface area contributed by atoms with Gasteiger partial charge in [-0.05, 0) is 30.4 Å². The molecule has 3 heteroatoms. The Morgan fingerprint density at radius 2 is 2.20 bits per heavy atom. The van der Waals surface area contributed by atoms with Crippen molar-refractivity contribution in [3.63, 3.8) is 0 Å². The van der Waals surface area contributed by atoms with Gasteiger partial charge in [-0.2, -0.15) is 0 Å². The number of ether oxygens (including phenoxy) is 1. The summed E-state index contributed by atoms with van der Waals surface area (Å²) in [5.74, 6) is 1.33. The first-order valence-electron chi connectivity index (χ1n) is 5.57. The third kappa shape index (κ3) is 2.93. The van der Waals surface area contributed by atoms with E-state index < -0.39 is 0 Å². The molecule has 1 aliphatic carbocycles. The molecule has 0 unspecified atom stereocenters. The highest BCUT2D eigenvalue weighted by atomic mass is 16.5. The van der Waals surface area contributed by atoms with Crippen LogP contribution in [0.4, 0.5) is 0 Å². The molecule has 82 valence electrons. The van der Waals surface area contributed by atoms with E-state index in [1.54, 1.807) is 18.3 Å². The Hall–Kier alpha value is -1.09. The molecular weight excluding hydrogens is 190 g/mol. The van der Waals surface area contributed by atoms with E-state index in [1.165, 1.54) is 25.7 Å². The molecule has 0 atom stereocenters. The maximum absolute atomic E-state index is 8.96. The Morgan fingerprint density at radius 1 is 1.40 bits per heavy atom. The third-order valence-corrected chi connectivity index (χ3v) is 2.92. The number of hydrogen-bond acceptors (Lipinski definition) is 3. The van der Waals surface area contributed by atoms with Gasteiger partial charge in [0.1, 0.15) is 0 Å². The molecule has 0 amide bonds. The molecule has 1 N–H and O–H groups in total. The van der Waals surface area contributed by atoms with Crippen LogP contribution < -0.4 is 4.74 Å². The second kappa shape index (κ2) is 5.12. The Bertz CT molecular complexity index is 308. The van der Waals surface area contributed by atoms with Gasteiger partial charge in [0, 0.05) is 12.3 Å². The van der Waals surface area contributed by atoms with Gasteiger partial charge in [-0.1, -0.05) is 12.8 Å². The second-order valence-electron chi connectivity index (χ2n) is 4.12. The smallest absolute Gasteiger partial charge is 0.213 e. The molecule has 3 nitrogen and oxygen atoms in total. The first-order valence-corrected chi connectivity index (χ1v) is 5.57. The van der Waals surface area contributed by atoms with Crippen LogP contribution in [-0.4, -0.2) is 16.7 Å². The minimum absolute atomic E-state index is 0.0440. The fraction of sp³-hybridized carbons (Fsp3) is 0.583. The predicted octanol–water partition coefficient (Wildman–Crippen LogP) is 2.14. The van der Waals surface area contributed by atoms with E-state index >= 15 is 0 Å². The summed E-state index contributed by atoms with van der Waals surface area (Å²) in [6, 6.07) is 3.59. The number of aromatic nitrogens is 1. The van der Waals surface area contributed by atoms with Crippen molar-refractivity contribution in [2.45, 2.75) is 32.3 Å². The van der Waals surface area contributed by atoms with Gasteiger partial charge in [0.05, 0.1) is 13.2 Å². The minimum Gasteiger partial charge on any atom is -0.477 e. The van der Waals surface area contributed by atoms with Crippen LogP contribution in [0.25, 0.3) is 0 Å². The average Bonchev–Trinajstić information content (AvgIpc) is 2.79. The summed E-state index contributed by atoms with van der Waals surface area (Å²) in [4.78, 5) is 4.11. The average molecular weight is 207 g/mol. The largest absolute Gasteiger partial charge is 0.477 e. The van der Waals surface area contributed by atoms with Crippen molar-refractivity contribution < 1.29 is 9.84 Å². The van der Waals surface area contributed by atoms with E-state index in [0.717, 1.165) is 12.2 Å². The first-order chi connectivity index (χ1) is 7.38. The molecule has 1 heterocycles. The SMILES string of the molecule is OCc1ccnc(OCC2CCCC2)c1. The Balaban J connectivity index is 1.86. The highest BCUT2D eigenvalue weighted by Crippen LogP contribution is 2.25.